The first-order valence-corrected chi connectivity index (χ1v) is 6.00. The topological polar surface area (TPSA) is 76.7 Å². The number of hydrogen-bond donors (Lipinski definition) is 2. The molecule has 6 heteroatoms. The summed E-state index contributed by atoms with van der Waals surface area (Å²) in [6.45, 7) is 3.14. The highest BCUT2D eigenvalue weighted by Gasteiger charge is 2.05. The van der Waals surface area contributed by atoms with Crippen molar-refractivity contribution in [3.05, 3.63) is 29.8 Å². The quantitative estimate of drug-likeness (QED) is 0.758. The van der Waals surface area contributed by atoms with Crippen molar-refractivity contribution in [3.63, 3.8) is 0 Å². The highest BCUT2D eigenvalue weighted by Crippen LogP contribution is 2.11. The number of carbonyl (C=O) groups excluding carboxylic acids is 2. The van der Waals surface area contributed by atoms with Crippen LogP contribution in [0, 0.1) is 0 Å². The van der Waals surface area contributed by atoms with E-state index in [1.807, 2.05) is 6.92 Å². The molecule has 19 heavy (non-hydrogen) atoms. The van der Waals surface area contributed by atoms with Crippen LogP contribution in [-0.2, 0) is 4.74 Å². The van der Waals surface area contributed by atoms with Crippen molar-refractivity contribution >= 4 is 12.0 Å². The molecule has 0 bridgehead atoms. The van der Waals surface area contributed by atoms with Crippen molar-refractivity contribution in [2.45, 2.75) is 6.92 Å². The molecule has 0 aliphatic carbocycles. The van der Waals surface area contributed by atoms with E-state index in [1.54, 1.807) is 24.3 Å². The average Bonchev–Trinajstić information content (AvgIpc) is 2.44. The largest absolute Gasteiger partial charge is 0.494 e. The predicted molar refractivity (Wildman–Crippen MR) is 70.4 cm³/mol. The molecule has 0 heterocycles. The van der Waals surface area contributed by atoms with E-state index in [-0.39, 0.29) is 5.91 Å². The number of hydrogen-bond acceptors (Lipinski definition) is 4. The van der Waals surface area contributed by atoms with Gasteiger partial charge in [-0.1, -0.05) is 0 Å². The molecule has 0 spiro atoms. The highest BCUT2D eigenvalue weighted by molar-refractivity contribution is 5.94. The average molecular weight is 266 g/mol. The molecule has 2 amide bonds. The summed E-state index contributed by atoms with van der Waals surface area (Å²) in [4.78, 5) is 22.5. The molecule has 0 saturated heterocycles. The van der Waals surface area contributed by atoms with Crippen LogP contribution in [0.15, 0.2) is 24.3 Å². The minimum absolute atomic E-state index is 0.199. The van der Waals surface area contributed by atoms with E-state index in [0.717, 1.165) is 5.75 Å². The number of benzene rings is 1. The Labute approximate surface area is 112 Å². The lowest BCUT2D eigenvalue weighted by Gasteiger charge is -2.07. The van der Waals surface area contributed by atoms with E-state index >= 15 is 0 Å². The second-order valence-electron chi connectivity index (χ2n) is 3.63. The summed E-state index contributed by atoms with van der Waals surface area (Å²) in [6, 6.07) is 6.86. The number of methoxy groups -OCH3 is 1. The minimum Gasteiger partial charge on any atom is -0.494 e. The Balaban J connectivity index is 2.34. The first kappa shape index (κ1) is 14.8. The molecule has 2 N–H and O–H groups in total. The maximum absolute atomic E-state index is 11.7. The van der Waals surface area contributed by atoms with Crippen LogP contribution in [0.4, 0.5) is 4.79 Å². The van der Waals surface area contributed by atoms with Gasteiger partial charge >= 0.3 is 6.09 Å². The fraction of sp³-hybridized carbons (Fsp3) is 0.385. The molecule has 0 unspecified atom stereocenters. The van der Waals surface area contributed by atoms with Crippen LogP contribution in [0.25, 0.3) is 0 Å². The van der Waals surface area contributed by atoms with Crippen LogP contribution in [-0.4, -0.2) is 38.8 Å². The van der Waals surface area contributed by atoms with Gasteiger partial charge in [0.2, 0.25) is 0 Å². The van der Waals surface area contributed by atoms with E-state index in [2.05, 4.69) is 15.4 Å². The predicted octanol–water partition coefficient (Wildman–Crippen LogP) is 1.17. The number of amides is 2. The highest BCUT2D eigenvalue weighted by atomic mass is 16.5. The molecule has 0 aliphatic heterocycles. The first-order chi connectivity index (χ1) is 9.17. The smallest absolute Gasteiger partial charge is 0.406 e. The van der Waals surface area contributed by atoms with Crippen LogP contribution >= 0.6 is 0 Å². The summed E-state index contributed by atoms with van der Waals surface area (Å²) < 4.78 is 9.69. The zero-order valence-electron chi connectivity index (χ0n) is 11.1. The Kier molecular flexibility index (Phi) is 6.21. The minimum atomic E-state index is -0.518. The lowest BCUT2D eigenvalue weighted by atomic mass is 10.2. The second kappa shape index (κ2) is 7.97. The molecule has 0 aromatic heterocycles. The Morgan fingerprint density at radius 3 is 2.32 bits per heavy atom. The molecule has 1 rings (SSSR count). The van der Waals surface area contributed by atoms with Gasteiger partial charge in [0.05, 0.1) is 13.7 Å². The van der Waals surface area contributed by atoms with Gasteiger partial charge in [0.25, 0.3) is 5.91 Å². The molecule has 1 aromatic carbocycles. The molecule has 0 saturated carbocycles. The van der Waals surface area contributed by atoms with E-state index in [4.69, 9.17) is 4.74 Å². The normalized spacial score (nSPS) is 9.58. The summed E-state index contributed by atoms with van der Waals surface area (Å²) in [5.74, 6) is 0.529. The summed E-state index contributed by atoms with van der Waals surface area (Å²) in [7, 11) is 1.29. The molecular formula is C13H18N2O4. The number of rotatable bonds is 6. The summed E-state index contributed by atoms with van der Waals surface area (Å²) in [5, 5.41) is 5.15. The van der Waals surface area contributed by atoms with Gasteiger partial charge in [-0.2, -0.15) is 0 Å². The third kappa shape index (κ3) is 5.29. The zero-order valence-corrected chi connectivity index (χ0v) is 11.1. The lowest BCUT2D eigenvalue weighted by Crippen LogP contribution is -2.34. The van der Waals surface area contributed by atoms with E-state index in [0.29, 0.717) is 25.3 Å². The monoisotopic (exact) mass is 266 g/mol. The van der Waals surface area contributed by atoms with E-state index < -0.39 is 6.09 Å². The third-order valence-electron chi connectivity index (χ3n) is 2.29. The van der Waals surface area contributed by atoms with Gasteiger partial charge in [-0.3, -0.25) is 4.79 Å². The van der Waals surface area contributed by atoms with E-state index in [1.165, 1.54) is 7.11 Å². The fourth-order valence-corrected chi connectivity index (χ4v) is 1.38. The van der Waals surface area contributed by atoms with Crippen LogP contribution in [0.2, 0.25) is 0 Å². The van der Waals surface area contributed by atoms with Crippen LogP contribution in [0.1, 0.15) is 17.3 Å². The summed E-state index contributed by atoms with van der Waals surface area (Å²) in [5.41, 5.74) is 0.543. The van der Waals surface area contributed by atoms with Crippen LogP contribution < -0.4 is 15.4 Å². The van der Waals surface area contributed by atoms with Crippen molar-refractivity contribution in [2.24, 2.45) is 0 Å². The number of carbonyl (C=O) groups is 2. The van der Waals surface area contributed by atoms with Gasteiger partial charge in [0.1, 0.15) is 5.75 Å². The van der Waals surface area contributed by atoms with Gasteiger partial charge in [-0.25, -0.2) is 4.79 Å². The Bertz CT molecular complexity index is 417. The Hall–Kier alpha value is -2.24. The number of ether oxygens (including phenoxy) is 2. The van der Waals surface area contributed by atoms with Crippen LogP contribution in [0.3, 0.4) is 0 Å². The lowest BCUT2D eigenvalue weighted by molar-refractivity contribution is 0.0953. The van der Waals surface area contributed by atoms with Crippen molar-refractivity contribution in [1.29, 1.82) is 0 Å². The van der Waals surface area contributed by atoms with Gasteiger partial charge < -0.3 is 20.1 Å². The maximum atomic E-state index is 11.7. The number of alkyl carbamates (subject to hydrolysis) is 1. The van der Waals surface area contributed by atoms with Gasteiger partial charge in [0.15, 0.2) is 0 Å². The molecule has 0 atom stereocenters. The zero-order chi connectivity index (χ0) is 14.1. The summed E-state index contributed by atoms with van der Waals surface area (Å²) >= 11 is 0. The first-order valence-electron chi connectivity index (χ1n) is 6.00. The molecule has 104 valence electrons. The van der Waals surface area contributed by atoms with Gasteiger partial charge in [-0.15, -0.1) is 0 Å². The van der Waals surface area contributed by atoms with Crippen molar-refractivity contribution in [2.75, 3.05) is 26.8 Å². The SMILES string of the molecule is CCOc1ccc(C(=O)NCCNC(=O)OC)cc1. The standard InChI is InChI=1S/C13H18N2O4/c1-3-19-11-6-4-10(5-7-11)12(16)14-8-9-15-13(17)18-2/h4-7H,3,8-9H2,1-2H3,(H,14,16)(H,15,17). The van der Waals surface area contributed by atoms with Crippen molar-refractivity contribution < 1.29 is 19.1 Å². The Morgan fingerprint density at radius 1 is 1.11 bits per heavy atom. The molecule has 6 nitrogen and oxygen atoms in total. The molecule has 1 aromatic rings. The molecule has 0 radical (unpaired) electrons. The second-order valence-corrected chi connectivity index (χ2v) is 3.63. The maximum Gasteiger partial charge on any atom is 0.406 e. The molecule has 0 aliphatic rings. The Morgan fingerprint density at radius 2 is 1.74 bits per heavy atom. The molecular weight excluding hydrogens is 248 g/mol. The van der Waals surface area contributed by atoms with Crippen LogP contribution in [0.5, 0.6) is 5.75 Å². The molecule has 0 fully saturated rings. The van der Waals surface area contributed by atoms with Crippen molar-refractivity contribution in [1.82, 2.24) is 10.6 Å². The summed E-state index contributed by atoms with van der Waals surface area (Å²) in [6.07, 6.45) is -0.518. The fourth-order valence-electron chi connectivity index (χ4n) is 1.38. The number of nitrogens with one attached hydrogen (secondary N) is 2. The van der Waals surface area contributed by atoms with Gasteiger partial charge in [-0.05, 0) is 31.2 Å². The van der Waals surface area contributed by atoms with E-state index in [9.17, 15) is 9.59 Å². The third-order valence-corrected chi connectivity index (χ3v) is 2.29. The van der Waals surface area contributed by atoms with Crippen molar-refractivity contribution in [3.8, 4) is 5.75 Å². The van der Waals surface area contributed by atoms with Gasteiger partial charge in [0, 0.05) is 18.7 Å².